The number of carbonyl (C=O) groups excluding carboxylic acids is 1. The van der Waals surface area contributed by atoms with Crippen molar-refractivity contribution in [1.82, 2.24) is 0 Å². The molecule has 116 valence electrons. The fraction of sp³-hybridized carbons (Fsp3) is 0.333. The molecule has 0 spiro atoms. The summed E-state index contributed by atoms with van der Waals surface area (Å²) >= 11 is 0. The lowest BCUT2D eigenvalue weighted by atomic mass is 10.0. The molecule has 0 aliphatic rings. The first-order chi connectivity index (χ1) is 10.6. The Kier molecular flexibility index (Phi) is 5.53. The van der Waals surface area contributed by atoms with Crippen molar-refractivity contribution < 1.29 is 19.4 Å². The van der Waals surface area contributed by atoms with E-state index in [-0.39, 0.29) is 11.5 Å². The van der Waals surface area contributed by atoms with Crippen LogP contribution < -0.4 is 0 Å². The minimum absolute atomic E-state index is 0.206. The van der Waals surface area contributed by atoms with Gasteiger partial charge in [0.2, 0.25) is 0 Å². The van der Waals surface area contributed by atoms with Gasteiger partial charge in [0.1, 0.15) is 0 Å². The average Bonchev–Trinajstić information content (AvgIpc) is 2.53. The number of rotatable bonds is 7. The summed E-state index contributed by atoms with van der Waals surface area (Å²) in [4.78, 5) is 23.0. The molecule has 4 heteroatoms. The third-order valence-corrected chi connectivity index (χ3v) is 3.55. The summed E-state index contributed by atoms with van der Waals surface area (Å²) in [5.41, 5.74) is 0.656. The van der Waals surface area contributed by atoms with Crippen molar-refractivity contribution >= 4 is 22.7 Å². The summed E-state index contributed by atoms with van der Waals surface area (Å²) in [6.45, 7) is 2.55. The van der Waals surface area contributed by atoms with Gasteiger partial charge in [-0.2, -0.15) is 0 Å². The van der Waals surface area contributed by atoms with Gasteiger partial charge in [-0.05, 0) is 41.5 Å². The Bertz CT molecular complexity index is 676. The van der Waals surface area contributed by atoms with Gasteiger partial charge in [-0.15, -0.1) is 0 Å². The summed E-state index contributed by atoms with van der Waals surface area (Å²) < 4.78 is 5.25. The minimum atomic E-state index is -0.981. The number of carboxylic acids is 1. The quantitative estimate of drug-likeness (QED) is 0.612. The SMILES string of the molecule is CCCCCCOC(=O)c1ccc2ccc(C(=O)O)cc2c1. The summed E-state index contributed by atoms with van der Waals surface area (Å²) in [6.07, 6.45) is 4.22. The highest BCUT2D eigenvalue weighted by Gasteiger charge is 2.09. The zero-order chi connectivity index (χ0) is 15.9. The number of carbonyl (C=O) groups is 2. The lowest BCUT2D eigenvalue weighted by Gasteiger charge is -2.06. The molecule has 0 amide bonds. The monoisotopic (exact) mass is 300 g/mol. The molecule has 0 saturated carbocycles. The van der Waals surface area contributed by atoms with Crippen molar-refractivity contribution in [3.63, 3.8) is 0 Å². The first-order valence-corrected chi connectivity index (χ1v) is 7.56. The lowest BCUT2D eigenvalue weighted by molar-refractivity contribution is 0.0497. The van der Waals surface area contributed by atoms with E-state index in [0.29, 0.717) is 12.2 Å². The molecule has 0 fully saturated rings. The van der Waals surface area contributed by atoms with Gasteiger partial charge in [-0.3, -0.25) is 0 Å². The van der Waals surface area contributed by atoms with Crippen molar-refractivity contribution in [2.45, 2.75) is 32.6 Å². The highest BCUT2D eigenvalue weighted by atomic mass is 16.5. The number of ether oxygens (including phenoxy) is 1. The Hall–Kier alpha value is -2.36. The molecule has 0 atom stereocenters. The van der Waals surface area contributed by atoms with Crippen LogP contribution in [0.15, 0.2) is 36.4 Å². The number of hydrogen-bond donors (Lipinski definition) is 1. The average molecular weight is 300 g/mol. The molecule has 2 rings (SSSR count). The molecule has 22 heavy (non-hydrogen) atoms. The highest BCUT2D eigenvalue weighted by molar-refractivity contribution is 5.98. The van der Waals surface area contributed by atoms with E-state index in [2.05, 4.69) is 6.92 Å². The van der Waals surface area contributed by atoms with E-state index in [1.54, 1.807) is 36.4 Å². The van der Waals surface area contributed by atoms with Gasteiger partial charge in [-0.25, -0.2) is 9.59 Å². The van der Waals surface area contributed by atoms with E-state index >= 15 is 0 Å². The summed E-state index contributed by atoms with van der Waals surface area (Å²) in [5.74, 6) is -1.34. The number of fused-ring (bicyclic) bond motifs is 1. The van der Waals surface area contributed by atoms with E-state index in [4.69, 9.17) is 9.84 Å². The Morgan fingerprint density at radius 1 is 0.955 bits per heavy atom. The standard InChI is InChI=1S/C18H20O4/c1-2-3-4-5-10-22-18(21)15-9-7-13-6-8-14(17(19)20)11-16(13)12-15/h6-9,11-12H,2-5,10H2,1H3,(H,19,20). The Balaban J connectivity index is 2.07. The number of hydrogen-bond acceptors (Lipinski definition) is 3. The van der Waals surface area contributed by atoms with Crippen LogP contribution in [-0.4, -0.2) is 23.7 Å². The maximum absolute atomic E-state index is 12.0. The second-order valence-electron chi connectivity index (χ2n) is 5.28. The number of aromatic carboxylic acids is 1. The van der Waals surface area contributed by atoms with Crippen LogP contribution >= 0.6 is 0 Å². The summed E-state index contributed by atoms with van der Waals surface area (Å²) in [6, 6.07) is 10.0. The third-order valence-electron chi connectivity index (χ3n) is 3.55. The molecule has 0 aliphatic carbocycles. The molecule has 4 nitrogen and oxygen atoms in total. The minimum Gasteiger partial charge on any atom is -0.478 e. The van der Waals surface area contributed by atoms with Crippen molar-refractivity contribution in [2.24, 2.45) is 0 Å². The molecule has 0 bridgehead atoms. The van der Waals surface area contributed by atoms with Crippen LogP contribution in [0.1, 0.15) is 53.3 Å². The summed E-state index contributed by atoms with van der Waals surface area (Å²) in [5, 5.41) is 10.6. The zero-order valence-electron chi connectivity index (χ0n) is 12.7. The summed E-state index contributed by atoms with van der Waals surface area (Å²) in [7, 11) is 0. The first-order valence-electron chi connectivity index (χ1n) is 7.56. The fourth-order valence-electron chi connectivity index (χ4n) is 2.28. The van der Waals surface area contributed by atoms with Crippen molar-refractivity contribution in [1.29, 1.82) is 0 Å². The van der Waals surface area contributed by atoms with Gasteiger partial charge in [0.25, 0.3) is 0 Å². The van der Waals surface area contributed by atoms with Crippen molar-refractivity contribution in [3.05, 3.63) is 47.5 Å². The molecular formula is C18H20O4. The largest absolute Gasteiger partial charge is 0.478 e. The topological polar surface area (TPSA) is 63.6 Å². The van der Waals surface area contributed by atoms with Gasteiger partial charge < -0.3 is 9.84 Å². The van der Waals surface area contributed by atoms with Crippen molar-refractivity contribution in [2.75, 3.05) is 6.61 Å². The predicted molar refractivity (Wildman–Crippen MR) is 85.3 cm³/mol. The van der Waals surface area contributed by atoms with E-state index < -0.39 is 5.97 Å². The molecule has 0 radical (unpaired) electrons. The van der Waals surface area contributed by atoms with Crippen LogP contribution in [0.5, 0.6) is 0 Å². The van der Waals surface area contributed by atoms with Gasteiger partial charge in [0.05, 0.1) is 17.7 Å². The highest BCUT2D eigenvalue weighted by Crippen LogP contribution is 2.19. The van der Waals surface area contributed by atoms with Gasteiger partial charge >= 0.3 is 11.9 Å². The third kappa shape index (κ3) is 4.07. The number of unbranched alkanes of at least 4 members (excludes halogenated alkanes) is 3. The molecule has 0 heterocycles. The Morgan fingerprint density at radius 2 is 1.64 bits per heavy atom. The lowest BCUT2D eigenvalue weighted by Crippen LogP contribution is -2.06. The van der Waals surface area contributed by atoms with Gasteiger partial charge in [0, 0.05) is 0 Å². The normalized spacial score (nSPS) is 10.6. The van der Waals surface area contributed by atoms with Gasteiger partial charge in [0.15, 0.2) is 0 Å². The van der Waals surface area contributed by atoms with Crippen LogP contribution in [0.2, 0.25) is 0 Å². The fourth-order valence-corrected chi connectivity index (χ4v) is 2.28. The first kappa shape index (κ1) is 16.0. The zero-order valence-corrected chi connectivity index (χ0v) is 12.7. The second-order valence-corrected chi connectivity index (χ2v) is 5.28. The maximum atomic E-state index is 12.0. The molecule has 1 N–H and O–H groups in total. The molecule has 0 saturated heterocycles. The molecule has 2 aromatic carbocycles. The maximum Gasteiger partial charge on any atom is 0.338 e. The number of esters is 1. The molecular weight excluding hydrogens is 280 g/mol. The van der Waals surface area contributed by atoms with Gasteiger partial charge in [-0.1, -0.05) is 38.3 Å². The van der Waals surface area contributed by atoms with Crippen LogP contribution in [0, 0.1) is 0 Å². The molecule has 0 aromatic heterocycles. The van der Waals surface area contributed by atoms with E-state index in [1.807, 2.05) is 0 Å². The van der Waals surface area contributed by atoms with Crippen LogP contribution in [0.3, 0.4) is 0 Å². The van der Waals surface area contributed by atoms with E-state index in [1.165, 1.54) is 0 Å². The smallest absolute Gasteiger partial charge is 0.338 e. The van der Waals surface area contributed by atoms with Crippen LogP contribution in [0.25, 0.3) is 10.8 Å². The Morgan fingerprint density at radius 3 is 2.32 bits per heavy atom. The Labute approximate surface area is 129 Å². The van der Waals surface area contributed by atoms with E-state index in [9.17, 15) is 9.59 Å². The number of carboxylic acid groups (broad SMARTS) is 1. The van der Waals surface area contributed by atoms with Crippen molar-refractivity contribution in [3.8, 4) is 0 Å². The number of benzene rings is 2. The van der Waals surface area contributed by atoms with Crippen LogP contribution in [-0.2, 0) is 4.74 Å². The molecule has 2 aromatic rings. The molecule has 0 unspecified atom stereocenters. The second kappa shape index (κ2) is 7.59. The predicted octanol–water partition coefficient (Wildman–Crippen LogP) is 4.28. The van der Waals surface area contributed by atoms with E-state index in [0.717, 1.165) is 36.5 Å². The molecule has 0 aliphatic heterocycles. The van der Waals surface area contributed by atoms with Crippen LogP contribution in [0.4, 0.5) is 0 Å².